The number of aromatic nitrogens is 1. The number of rotatable bonds is 4. The van der Waals surface area contributed by atoms with Crippen LogP contribution in [0.3, 0.4) is 0 Å². The van der Waals surface area contributed by atoms with Crippen molar-refractivity contribution in [3.8, 4) is 0 Å². The van der Waals surface area contributed by atoms with Crippen molar-refractivity contribution in [1.29, 1.82) is 0 Å². The Hall–Kier alpha value is -2.69. The second-order valence-electron chi connectivity index (χ2n) is 9.38. The van der Waals surface area contributed by atoms with Gasteiger partial charge in [-0.1, -0.05) is 56.4 Å². The van der Waals surface area contributed by atoms with Gasteiger partial charge in [0.1, 0.15) is 0 Å². The highest BCUT2D eigenvalue weighted by Crippen LogP contribution is 2.52. The van der Waals surface area contributed by atoms with Crippen molar-refractivity contribution in [2.75, 3.05) is 0 Å². The average molecular weight is 418 g/mol. The summed E-state index contributed by atoms with van der Waals surface area (Å²) in [6, 6.07) is 11.9. The number of fused-ring (bicyclic) bond motifs is 1. The Morgan fingerprint density at radius 3 is 2.55 bits per heavy atom. The maximum absolute atomic E-state index is 13.8. The molecule has 1 aromatic heterocycles. The summed E-state index contributed by atoms with van der Waals surface area (Å²) in [5, 5.41) is 3.18. The molecule has 1 atom stereocenters. The van der Waals surface area contributed by atoms with E-state index < -0.39 is 5.54 Å². The molecule has 0 unspecified atom stereocenters. The van der Waals surface area contributed by atoms with Crippen molar-refractivity contribution < 1.29 is 9.59 Å². The molecule has 1 aromatic carbocycles. The van der Waals surface area contributed by atoms with E-state index in [1.807, 2.05) is 36.4 Å². The molecule has 31 heavy (non-hydrogen) atoms. The molecular formula is C26H31N3O2. The number of nitrogens with one attached hydrogen (secondary N) is 1. The lowest BCUT2D eigenvalue weighted by Gasteiger charge is -2.54. The molecule has 0 radical (unpaired) electrons. The summed E-state index contributed by atoms with van der Waals surface area (Å²) in [6.07, 6.45) is 13.2. The quantitative estimate of drug-likeness (QED) is 0.792. The average Bonchev–Trinajstić information content (AvgIpc) is 3.28. The van der Waals surface area contributed by atoms with Gasteiger partial charge in [0.2, 0.25) is 5.91 Å². The van der Waals surface area contributed by atoms with Crippen LogP contribution in [-0.4, -0.2) is 33.3 Å². The van der Waals surface area contributed by atoms with E-state index in [-0.39, 0.29) is 23.8 Å². The first kappa shape index (κ1) is 20.2. The van der Waals surface area contributed by atoms with Crippen molar-refractivity contribution in [1.82, 2.24) is 15.2 Å². The maximum Gasteiger partial charge on any atom is 0.254 e. The highest BCUT2D eigenvalue weighted by atomic mass is 16.2. The fraction of sp³-hybridized carbons (Fsp3) is 0.500. The predicted octanol–water partition coefficient (Wildman–Crippen LogP) is 4.58. The minimum Gasteiger partial charge on any atom is -0.351 e. The number of carbonyl (C=O) groups is 2. The number of pyridine rings is 1. The molecular weight excluding hydrogens is 386 g/mol. The fourth-order valence-electron chi connectivity index (χ4n) is 6.27. The van der Waals surface area contributed by atoms with Crippen LogP contribution in [0.1, 0.15) is 85.2 Å². The van der Waals surface area contributed by atoms with Crippen LogP contribution >= 0.6 is 0 Å². The van der Waals surface area contributed by atoms with Crippen LogP contribution in [0.5, 0.6) is 0 Å². The van der Waals surface area contributed by atoms with E-state index in [9.17, 15) is 9.59 Å². The molecule has 2 saturated carbocycles. The monoisotopic (exact) mass is 417 g/mol. The molecule has 2 aliphatic carbocycles. The molecule has 0 bridgehead atoms. The van der Waals surface area contributed by atoms with Crippen LogP contribution < -0.4 is 5.32 Å². The van der Waals surface area contributed by atoms with Gasteiger partial charge in [0.05, 0.1) is 11.5 Å². The van der Waals surface area contributed by atoms with Crippen molar-refractivity contribution >= 4 is 11.8 Å². The van der Waals surface area contributed by atoms with Crippen molar-refractivity contribution in [2.24, 2.45) is 0 Å². The summed E-state index contributed by atoms with van der Waals surface area (Å²) in [7, 11) is 0. The molecule has 1 aliphatic heterocycles. The van der Waals surface area contributed by atoms with Gasteiger partial charge in [-0.2, -0.15) is 0 Å². The Balaban J connectivity index is 1.54. The maximum atomic E-state index is 13.8. The van der Waals surface area contributed by atoms with Gasteiger partial charge in [-0.15, -0.1) is 0 Å². The minimum atomic E-state index is -0.396. The van der Waals surface area contributed by atoms with Gasteiger partial charge >= 0.3 is 0 Å². The van der Waals surface area contributed by atoms with E-state index in [4.69, 9.17) is 0 Å². The number of carbonyl (C=O) groups excluding carboxylic acids is 2. The molecule has 5 nitrogen and oxygen atoms in total. The van der Waals surface area contributed by atoms with Crippen LogP contribution in [0.2, 0.25) is 0 Å². The van der Waals surface area contributed by atoms with Gasteiger partial charge in [-0.3, -0.25) is 14.6 Å². The third-order valence-electron chi connectivity index (χ3n) is 7.60. The molecule has 2 heterocycles. The summed E-state index contributed by atoms with van der Waals surface area (Å²) >= 11 is 0. The SMILES string of the molecule is O=C(NCc1cccnc1)[C@H]1c2ccccc2C(=O)N(C2CCCCC2)C12CCCC2. The Labute approximate surface area is 184 Å². The van der Waals surface area contributed by atoms with Crippen molar-refractivity contribution in [3.63, 3.8) is 0 Å². The standard InChI is InChI=1S/C26H31N3O2/c30-24(28-18-19-9-8-16-27-17-19)23-21-12-4-5-13-22(21)25(31)29(20-10-2-1-3-11-20)26(23)14-6-7-15-26/h4-5,8-9,12-13,16-17,20,23H,1-3,6-7,10-11,14-15,18H2,(H,28,30)/t23-/m1/s1. The first-order valence-electron chi connectivity index (χ1n) is 11.8. The number of hydrogen-bond donors (Lipinski definition) is 1. The summed E-state index contributed by atoms with van der Waals surface area (Å²) < 4.78 is 0. The van der Waals surface area contributed by atoms with E-state index in [0.717, 1.165) is 49.7 Å². The predicted molar refractivity (Wildman–Crippen MR) is 120 cm³/mol. The highest BCUT2D eigenvalue weighted by Gasteiger charge is 2.57. The van der Waals surface area contributed by atoms with E-state index in [2.05, 4.69) is 15.2 Å². The summed E-state index contributed by atoms with van der Waals surface area (Å²) in [6.45, 7) is 0.457. The first-order chi connectivity index (χ1) is 15.2. The Morgan fingerprint density at radius 1 is 1.03 bits per heavy atom. The summed E-state index contributed by atoms with van der Waals surface area (Å²) in [5.41, 5.74) is 2.21. The van der Waals surface area contributed by atoms with Crippen LogP contribution in [0, 0.1) is 0 Å². The molecule has 1 N–H and O–H groups in total. The van der Waals surface area contributed by atoms with Crippen molar-refractivity contribution in [2.45, 2.75) is 81.8 Å². The molecule has 162 valence electrons. The number of hydrogen-bond acceptors (Lipinski definition) is 3. The van der Waals surface area contributed by atoms with Crippen molar-refractivity contribution in [3.05, 3.63) is 65.5 Å². The third kappa shape index (κ3) is 3.54. The number of benzene rings is 1. The minimum absolute atomic E-state index is 0.0338. The molecule has 2 fully saturated rings. The molecule has 0 saturated heterocycles. The second-order valence-corrected chi connectivity index (χ2v) is 9.38. The van der Waals surface area contributed by atoms with Gasteiger partial charge in [-0.05, 0) is 48.9 Å². The highest BCUT2D eigenvalue weighted by molar-refractivity contribution is 6.02. The molecule has 5 rings (SSSR count). The van der Waals surface area contributed by atoms with Crippen LogP contribution in [-0.2, 0) is 11.3 Å². The molecule has 2 aromatic rings. The first-order valence-corrected chi connectivity index (χ1v) is 11.8. The summed E-state index contributed by atoms with van der Waals surface area (Å²) in [4.78, 5) is 33.9. The lowest BCUT2D eigenvalue weighted by atomic mass is 9.69. The zero-order chi connectivity index (χ0) is 21.3. The third-order valence-corrected chi connectivity index (χ3v) is 7.60. The van der Waals surface area contributed by atoms with Gasteiger partial charge in [0.25, 0.3) is 5.91 Å². The zero-order valence-electron chi connectivity index (χ0n) is 18.1. The van der Waals surface area contributed by atoms with Crippen LogP contribution in [0.25, 0.3) is 0 Å². The topological polar surface area (TPSA) is 62.3 Å². The molecule has 1 spiro atoms. The smallest absolute Gasteiger partial charge is 0.254 e. The lowest BCUT2D eigenvalue weighted by Crippen LogP contribution is -2.63. The van der Waals surface area contributed by atoms with Crippen LogP contribution in [0.15, 0.2) is 48.8 Å². The molecule has 5 heteroatoms. The van der Waals surface area contributed by atoms with E-state index >= 15 is 0 Å². The molecule has 3 aliphatic rings. The Morgan fingerprint density at radius 2 is 1.81 bits per heavy atom. The van der Waals surface area contributed by atoms with E-state index in [1.54, 1.807) is 12.4 Å². The Kier molecular flexibility index (Phi) is 5.51. The second kappa shape index (κ2) is 8.45. The number of amides is 2. The Bertz CT molecular complexity index is 946. The molecule has 2 amide bonds. The lowest BCUT2D eigenvalue weighted by molar-refractivity contribution is -0.127. The normalized spacial score (nSPS) is 23.0. The van der Waals surface area contributed by atoms with E-state index in [1.165, 1.54) is 19.3 Å². The fourth-order valence-corrected chi connectivity index (χ4v) is 6.27. The van der Waals surface area contributed by atoms with Gasteiger partial charge in [0.15, 0.2) is 0 Å². The largest absolute Gasteiger partial charge is 0.351 e. The van der Waals surface area contributed by atoms with E-state index in [0.29, 0.717) is 12.1 Å². The van der Waals surface area contributed by atoms with Crippen LogP contribution in [0.4, 0.5) is 0 Å². The van der Waals surface area contributed by atoms with Gasteiger partial charge in [-0.25, -0.2) is 0 Å². The van der Waals surface area contributed by atoms with Gasteiger partial charge < -0.3 is 10.2 Å². The summed E-state index contributed by atoms with van der Waals surface area (Å²) in [5.74, 6) is -0.144. The number of nitrogens with zero attached hydrogens (tertiary/aromatic N) is 2. The zero-order valence-corrected chi connectivity index (χ0v) is 18.1. The van der Waals surface area contributed by atoms with Gasteiger partial charge in [0, 0.05) is 30.5 Å².